The Morgan fingerprint density at radius 1 is 0.400 bits per heavy atom. The van der Waals surface area contributed by atoms with E-state index in [4.69, 9.17) is 29.9 Å². The first kappa shape index (κ1) is 21.9. The molecule has 9 rings (SSSR count). The van der Waals surface area contributed by atoms with Crippen molar-refractivity contribution in [3.05, 3.63) is 132 Å². The van der Waals surface area contributed by atoms with Crippen molar-refractivity contribution < 1.29 is 0 Å². The topological polar surface area (TPSA) is 109 Å². The zero-order chi connectivity index (χ0) is 26.2. The number of H-pyrrole nitrogens is 2. The van der Waals surface area contributed by atoms with E-state index in [2.05, 4.69) is 95.0 Å². The van der Waals surface area contributed by atoms with Crippen molar-refractivity contribution in [2.75, 3.05) is 0 Å². The van der Waals surface area contributed by atoms with Crippen LogP contribution in [0.3, 0.4) is 0 Å². The van der Waals surface area contributed by atoms with Crippen LogP contribution in [0.2, 0.25) is 0 Å². The lowest BCUT2D eigenvalue weighted by Crippen LogP contribution is -2.08. The number of rotatable bonds is 0. The van der Waals surface area contributed by atoms with Crippen molar-refractivity contribution in [3.8, 4) is 0 Å². The Kier molecular flexibility index (Phi) is 4.52. The highest BCUT2D eigenvalue weighted by Crippen LogP contribution is 2.43. The van der Waals surface area contributed by atoms with Gasteiger partial charge in [-0.3, -0.25) is 0 Å². The van der Waals surface area contributed by atoms with Crippen LogP contribution in [0, 0.1) is 0 Å². The van der Waals surface area contributed by atoms with Gasteiger partial charge in [0.15, 0.2) is 0 Å². The van der Waals surface area contributed by atoms with Crippen LogP contribution in [0.5, 0.6) is 0 Å². The van der Waals surface area contributed by atoms with Crippen LogP contribution < -0.4 is 0 Å². The molecule has 8 bridgehead atoms. The molecular weight excluding hydrogens is 496 g/mol. The molecule has 3 aliphatic heterocycles. The van der Waals surface area contributed by atoms with Gasteiger partial charge in [0.1, 0.15) is 46.2 Å². The number of fused-ring (bicyclic) bond motifs is 20. The summed E-state index contributed by atoms with van der Waals surface area (Å²) in [6, 6.07) is 8.20. The Morgan fingerprint density at radius 3 is 1.20 bits per heavy atom. The van der Waals surface area contributed by atoms with E-state index in [-0.39, 0.29) is 35.5 Å². The molecule has 0 saturated heterocycles. The van der Waals surface area contributed by atoms with Crippen molar-refractivity contribution in [2.45, 2.75) is 35.5 Å². The quantitative estimate of drug-likeness (QED) is 0.391. The summed E-state index contributed by atoms with van der Waals surface area (Å²) >= 11 is 0. The average molecular weight is 521 g/mol. The first-order valence-corrected chi connectivity index (χ1v) is 13.7. The highest BCUT2D eigenvalue weighted by Gasteiger charge is 2.37. The molecule has 0 amide bonds. The molecule has 40 heavy (non-hydrogen) atoms. The maximum atomic E-state index is 5.14. The van der Waals surface area contributed by atoms with Crippen molar-refractivity contribution in [3.63, 3.8) is 0 Å². The van der Waals surface area contributed by atoms with Crippen LogP contribution in [0.15, 0.2) is 97.2 Å². The van der Waals surface area contributed by atoms with E-state index in [1.807, 2.05) is 12.1 Å². The second-order valence-electron chi connectivity index (χ2n) is 10.8. The minimum atomic E-state index is 0.0190. The lowest BCUT2D eigenvalue weighted by molar-refractivity contribution is 0.693. The summed E-state index contributed by atoms with van der Waals surface area (Å²) in [5, 5.41) is 2.00. The third-order valence-electron chi connectivity index (χ3n) is 8.54. The standard InChI is InChI=1S/C32H24N8/c1-2-10-18-17(9-1)25-33-26(18)38-28-21-13-5-6-14-22(21)30(35-28)40-32-24-16-8-7-15-23(24)31(36-32)39-29-20-12-4-3-11-19(20)27(34-29)37-25/h1-22,36H,(H,33,34,35,37,38,39,40). The number of aromatic nitrogens is 8. The van der Waals surface area contributed by atoms with Gasteiger partial charge < -0.3 is 9.97 Å². The average Bonchev–Trinajstić information content (AvgIpc) is 3.73. The summed E-state index contributed by atoms with van der Waals surface area (Å²) in [7, 11) is 0. The second-order valence-corrected chi connectivity index (χ2v) is 10.8. The van der Waals surface area contributed by atoms with Gasteiger partial charge in [0.25, 0.3) is 0 Å². The predicted molar refractivity (Wildman–Crippen MR) is 152 cm³/mol. The fourth-order valence-corrected chi connectivity index (χ4v) is 6.56. The first-order chi connectivity index (χ1) is 19.8. The lowest BCUT2D eigenvalue weighted by Gasteiger charge is -2.16. The molecule has 1 aromatic carbocycles. The molecule has 192 valence electrons. The monoisotopic (exact) mass is 520 g/mol. The zero-order valence-corrected chi connectivity index (χ0v) is 21.4. The van der Waals surface area contributed by atoms with Crippen LogP contribution in [-0.2, 0) is 0 Å². The van der Waals surface area contributed by atoms with Gasteiger partial charge in [0, 0.05) is 22.6 Å². The van der Waals surface area contributed by atoms with Gasteiger partial charge in [-0.15, -0.1) is 0 Å². The summed E-state index contributed by atoms with van der Waals surface area (Å²) < 4.78 is 0. The summed E-state index contributed by atoms with van der Waals surface area (Å²) in [5.74, 6) is 4.93. The molecule has 8 heteroatoms. The fraction of sp³-hybridized carbons (Fsp3) is 0.188. The Bertz CT molecular complexity index is 1830. The second kappa shape index (κ2) is 8.26. The van der Waals surface area contributed by atoms with Crippen molar-refractivity contribution in [1.29, 1.82) is 0 Å². The van der Waals surface area contributed by atoms with E-state index < -0.39 is 0 Å². The maximum Gasteiger partial charge on any atom is 0.141 e. The summed E-state index contributed by atoms with van der Waals surface area (Å²) in [6.45, 7) is 0. The first-order valence-electron chi connectivity index (χ1n) is 13.7. The molecule has 8 nitrogen and oxygen atoms in total. The van der Waals surface area contributed by atoms with Gasteiger partial charge in [-0.05, 0) is 0 Å². The van der Waals surface area contributed by atoms with Gasteiger partial charge >= 0.3 is 0 Å². The number of aromatic amines is 2. The summed E-state index contributed by atoms with van der Waals surface area (Å²) in [4.78, 5) is 37.6. The molecule has 3 aliphatic carbocycles. The van der Waals surface area contributed by atoms with E-state index in [0.29, 0.717) is 0 Å². The van der Waals surface area contributed by atoms with E-state index in [0.717, 1.165) is 57.0 Å². The molecule has 5 heterocycles. The minimum absolute atomic E-state index is 0.0190. The Balaban J connectivity index is 1.41. The highest BCUT2D eigenvalue weighted by molar-refractivity contribution is 6.04. The third kappa shape index (κ3) is 3.19. The van der Waals surface area contributed by atoms with Crippen molar-refractivity contribution >= 4 is 22.1 Å². The molecule has 0 radical (unpaired) electrons. The van der Waals surface area contributed by atoms with Gasteiger partial charge in [-0.1, -0.05) is 97.2 Å². The number of nitrogens with one attached hydrogen (secondary N) is 2. The predicted octanol–water partition coefficient (Wildman–Crippen LogP) is 5.75. The van der Waals surface area contributed by atoms with Gasteiger partial charge in [0.05, 0.1) is 23.7 Å². The Morgan fingerprint density at radius 2 is 0.775 bits per heavy atom. The molecule has 0 spiro atoms. The summed E-state index contributed by atoms with van der Waals surface area (Å²) in [6.07, 6.45) is 25.5. The third-order valence-corrected chi connectivity index (χ3v) is 8.54. The number of benzene rings is 1. The van der Waals surface area contributed by atoms with Gasteiger partial charge in [0.2, 0.25) is 0 Å². The van der Waals surface area contributed by atoms with Crippen LogP contribution in [-0.4, -0.2) is 39.9 Å². The van der Waals surface area contributed by atoms with Crippen LogP contribution >= 0.6 is 0 Å². The molecular formula is C32H24N8. The molecule has 3 aromatic rings. The summed E-state index contributed by atoms with van der Waals surface area (Å²) in [5.41, 5.74) is 1.49. The molecule has 2 aromatic heterocycles. The molecule has 6 atom stereocenters. The Hall–Kier alpha value is -4.98. The van der Waals surface area contributed by atoms with Crippen LogP contribution in [0.1, 0.15) is 70.5 Å². The minimum Gasteiger partial charge on any atom is -0.331 e. The number of hydrogen-bond donors (Lipinski definition) is 2. The van der Waals surface area contributed by atoms with Crippen molar-refractivity contribution in [2.24, 2.45) is 0 Å². The molecule has 0 fully saturated rings. The molecule has 6 unspecified atom stereocenters. The molecule has 2 N–H and O–H groups in total. The number of nitrogens with zero attached hydrogens (tertiary/aromatic N) is 6. The van der Waals surface area contributed by atoms with E-state index in [1.165, 1.54) is 0 Å². The number of hydrogen-bond acceptors (Lipinski definition) is 6. The Labute approximate surface area is 229 Å². The SMILES string of the molecule is C1=CC2c3nc(nc4[nH]c(nc5nc(nc6[nH]c(n3)C3C=CC=CC63)C3C=CC=CC53)c3ccccc43)C2C=C1. The molecule has 6 aliphatic rings. The smallest absolute Gasteiger partial charge is 0.141 e. The highest BCUT2D eigenvalue weighted by atomic mass is 15.1. The van der Waals surface area contributed by atoms with Gasteiger partial charge in [-0.2, -0.15) is 0 Å². The van der Waals surface area contributed by atoms with Crippen LogP contribution in [0.4, 0.5) is 0 Å². The number of allylic oxidation sites excluding steroid dienone is 12. The maximum absolute atomic E-state index is 5.14. The largest absolute Gasteiger partial charge is 0.331 e. The van der Waals surface area contributed by atoms with Crippen LogP contribution in [0.25, 0.3) is 22.1 Å². The normalized spacial score (nSPS) is 27.9. The zero-order valence-electron chi connectivity index (χ0n) is 21.4. The van der Waals surface area contributed by atoms with E-state index >= 15 is 0 Å². The van der Waals surface area contributed by atoms with E-state index in [1.54, 1.807) is 0 Å². The van der Waals surface area contributed by atoms with Gasteiger partial charge in [-0.25, -0.2) is 29.9 Å². The van der Waals surface area contributed by atoms with Crippen molar-refractivity contribution in [1.82, 2.24) is 39.9 Å². The lowest BCUT2D eigenvalue weighted by atomic mass is 9.88. The van der Waals surface area contributed by atoms with E-state index in [9.17, 15) is 0 Å². The molecule has 0 saturated carbocycles. The fourth-order valence-electron chi connectivity index (χ4n) is 6.56.